The van der Waals surface area contributed by atoms with E-state index >= 15 is 0 Å². The molecule has 0 spiro atoms. The number of hydrogen-bond donors (Lipinski definition) is 3. The Kier molecular flexibility index (Phi) is 6.30. The van der Waals surface area contributed by atoms with Gasteiger partial charge in [-0.1, -0.05) is 32.4 Å². The first kappa shape index (κ1) is 17.1. The summed E-state index contributed by atoms with van der Waals surface area (Å²) < 4.78 is 13.0. The quantitative estimate of drug-likeness (QED) is 0.717. The zero-order valence-electron chi connectivity index (χ0n) is 12.0. The fraction of sp³-hybridized carbons (Fsp3) is 0.467. The van der Waals surface area contributed by atoms with Gasteiger partial charge in [-0.25, -0.2) is 9.18 Å². The molecule has 5 nitrogen and oxygen atoms in total. The van der Waals surface area contributed by atoms with Gasteiger partial charge >= 0.3 is 5.97 Å². The summed E-state index contributed by atoms with van der Waals surface area (Å²) >= 11 is 0. The van der Waals surface area contributed by atoms with Crippen LogP contribution in [0.3, 0.4) is 0 Å². The van der Waals surface area contributed by atoms with E-state index in [2.05, 4.69) is 5.32 Å². The molecule has 1 aromatic rings. The lowest BCUT2D eigenvalue weighted by atomic mass is 9.98. The van der Waals surface area contributed by atoms with Crippen molar-refractivity contribution in [1.29, 1.82) is 0 Å². The monoisotopic (exact) mass is 297 g/mol. The molecule has 0 aliphatic heterocycles. The molecule has 3 atom stereocenters. The maximum atomic E-state index is 13.0. The summed E-state index contributed by atoms with van der Waals surface area (Å²) in [6.07, 6.45) is -0.889. The molecule has 3 N–H and O–H groups in total. The number of aliphatic carboxylic acids is 1. The van der Waals surface area contributed by atoms with Crippen molar-refractivity contribution in [1.82, 2.24) is 5.32 Å². The molecule has 3 unspecified atom stereocenters. The highest BCUT2D eigenvalue weighted by atomic mass is 19.1. The Morgan fingerprint density at radius 1 is 1.38 bits per heavy atom. The van der Waals surface area contributed by atoms with Crippen LogP contribution in [0, 0.1) is 11.7 Å². The Balaban J connectivity index is 2.65. The van der Waals surface area contributed by atoms with Crippen molar-refractivity contribution in [2.24, 2.45) is 5.92 Å². The molecule has 0 bridgehead atoms. The Bertz CT molecular complexity index is 506. The summed E-state index contributed by atoms with van der Waals surface area (Å²) in [5, 5.41) is 21.4. The number of carbonyl (C=O) groups is 2. The van der Waals surface area contributed by atoms with E-state index in [1.807, 2.05) is 6.92 Å². The van der Waals surface area contributed by atoms with Crippen LogP contribution in [0.4, 0.5) is 4.39 Å². The van der Waals surface area contributed by atoms with Crippen LogP contribution in [-0.2, 0) is 9.59 Å². The third-order valence-electron chi connectivity index (χ3n) is 3.41. The SMILES string of the molecule is CCC(C)C(NC(=O)CC(O)c1cccc(F)c1)C(=O)O. The Morgan fingerprint density at radius 3 is 2.57 bits per heavy atom. The van der Waals surface area contributed by atoms with Crippen molar-refractivity contribution in [2.45, 2.75) is 38.8 Å². The molecule has 0 aromatic heterocycles. The number of aliphatic hydroxyl groups excluding tert-OH is 1. The highest BCUT2D eigenvalue weighted by Crippen LogP contribution is 2.18. The van der Waals surface area contributed by atoms with E-state index in [1.165, 1.54) is 18.2 Å². The molecule has 0 heterocycles. The summed E-state index contributed by atoms with van der Waals surface area (Å²) in [5.41, 5.74) is 0.278. The van der Waals surface area contributed by atoms with Gasteiger partial charge < -0.3 is 15.5 Å². The van der Waals surface area contributed by atoms with Gasteiger partial charge in [0.05, 0.1) is 12.5 Å². The standard InChI is InChI=1S/C15H20FNO4/c1-3-9(2)14(15(20)21)17-13(19)8-12(18)10-5-4-6-11(16)7-10/h4-7,9,12,14,18H,3,8H2,1-2H3,(H,17,19)(H,20,21). The molecule has 0 aliphatic carbocycles. The first-order chi connectivity index (χ1) is 9.85. The first-order valence-corrected chi connectivity index (χ1v) is 6.80. The molecule has 0 fully saturated rings. The summed E-state index contributed by atoms with van der Waals surface area (Å²) in [5.74, 6) is -2.43. The van der Waals surface area contributed by atoms with Gasteiger partial charge in [0, 0.05) is 0 Å². The number of aliphatic hydroxyl groups is 1. The second kappa shape index (κ2) is 7.73. The third-order valence-corrected chi connectivity index (χ3v) is 3.41. The smallest absolute Gasteiger partial charge is 0.326 e. The topological polar surface area (TPSA) is 86.6 Å². The fourth-order valence-corrected chi connectivity index (χ4v) is 1.92. The van der Waals surface area contributed by atoms with Gasteiger partial charge in [0.1, 0.15) is 11.9 Å². The van der Waals surface area contributed by atoms with Crippen LogP contribution < -0.4 is 5.32 Å². The Labute approximate surface area is 122 Å². The zero-order chi connectivity index (χ0) is 16.0. The predicted octanol–water partition coefficient (Wildman–Crippen LogP) is 1.86. The maximum absolute atomic E-state index is 13.0. The second-order valence-electron chi connectivity index (χ2n) is 5.04. The number of nitrogens with one attached hydrogen (secondary N) is 1. The second-order valence-corrected chi connectivity index (χ2v) is 5.04. The average Bonchev–Trinajstić information content (AvgIpc) is 2.43. The van der Waals surface area contributed by atoms with Crippen LogP contribution in [0.15, 0.2) is 24.3 Å². The van der Waals surface area contributed by atoms with Gasteiger partial charge in [-0.3, -0.25) is 4.79 Å². The lowest BCUT2D eigenvalue weighted by molar-refractivity contribution is -0.143. The largest absolute Gasteiger partial charge is 0.480 e. The van der Waals surface area contributed by atoms with Crippen molar-refractivity contribution in [3.63, 3.8) is 0 Å². The summed E-state index contributed by atoms with van der Waals surface area (Å²) in [7, 11) is 0. The minimum Gasteiger partial charge on any atom is -0.480 e. The van der Waals surface area contributed by atoms with Gasteiger partial charge in [-0.15, -0.1) is 0 Å². The number of amides is 1. The number of halogens is 1. The highest BCUT2D eigenvalue weighted by Gasteiger charge is 2.26. The van der Waals surface area contributed by atoms with Crippen LogP contribution in [-0.4, -0.2) is 28.1 Å². The van der Waals surface area contributed by atoms with Crippen molar-refractivity contribution in [2.75, 3.05) is 0 Å². The van der Waals surface area contributed by atoms with Crippen molar-refractivity contribution in [3.05, 3.63) is 35.6 Å². The van der Waals surface area contributed by atoms with E-state index in [1.54, 1.807) is 6.92 Å². The van der Waals surface area contributed by atoms with Crippen molar-refractivity contribution < 1.29 is 24.2 Å². The molecule has 116 valence electrons. The van der Waals surface area contributed by atoms with E-state index in [4.69, 9.17) is 5.11 Å². The molecule has 1 amide bonds. The van der Waals surface area contributed by atoms with Crippen molar-refractivity contribution >= 4 is 11.9 Å². The lowest BCUT2D eigenvalue weighted by Gasteiger charge is -2.21. The molecule has 0 radical (unpaired) electrons. The number of rotatable bonds is 7. The molecule has 0 saturated carbocycles. The summed E-state index contributed by atoms with van der Waals surface area (Å²) in [6.45, 7) is 3.55. The summed E-state index contributed by atoms with van der Waals surface area (Å²) in [6, 6.07) is 4.32. The van der Waals surface area contributed by atoms with Gasteiger partial charge in [-0.05, 0) is 23.6 Å². The van der Waals surface area contributed by atoms with Gasteiger partial charge in [0.15, 0.2) is 0 Å². The van der Waals surface area contributed by atoms with E-state index < -0.39 is 29.8 Å². The normalized spacial score (nSPS) is 15.0. The van der Waals surface area contributed by atoms with Crippen LogP contribution in [0.1, 0.15) is 38.4 Å². The molecule has 0 saturated heterocycles. The third kappa shape index (κ3) is 5.15. The number of benzene rings is 1. The zero-order valence-corrected chi connectivity index (χ0v) is 12.0. The number of carboxylic acids is 1. The molecule has 1 aromatic carbocycles. The molecule has 1 rings (SSSR count). The fourth-order valence-electron chi connectivity index (χ4n) is 1.92. The molecular weight excluding hydrogens is 277 g/mol. The first-order valence-electron chi connectivity index (χ1n) is 6.80. The summed E-state index contributed by atoms with van der Waals surface area (Å²) in [4.78, 5) is 22.9. The van der Waals surface area contributed by atoms with Gasteiger partial charge in [0.2, 0.25) is 5.91 Å². The molecule has 21 heavy (non-hydrogen) atoms. The van der Waals surface area contributed by atoms with E-state index in [9.17, 15) is 19.1 Å². The predicted molar refractivity (Wildman–Crippen MR) is 75.0 cm³/mol. The van der Waals surface area contributed by atoms with Crippen LogP contribution in [0.25, 0.3) is 0 Å². The Hall–Kier alpha value is -1.95. The van der Waals surface area contributed by atoms with Crippen molar-refractivity contribution in [3.8, 4) is 0 Å². The van der Waals surface area contributed by atoms with Crippen LogP contribution in [0.5, 0.6) is 0 Å². The minimum absolute atomic E-state index is 0.224. The van der Waals surface area contributed by atoms with Crippen LogP contribution >= 0.6 is 0 Å². The van der Waals surface area contributed by atoms with E-state index in [-0.39, 0.29) is 17.9 Å². The molecular formula is C15H20FNO4. The van der Waals surface area contributed by atoms with E-state index in [0.717, 1.165) is 6.07 Å². The van der Waals surface area contributed by atoms with E-state index in [0.29, 0.717) is 6.42 Å². The number of carboxylic acid groups (broad SMARTS) is 1. The average molecular weight is 297 g/mol. The lowest BCUT2D eigenvalue weighted by Crippen LogP contribution is -2.45. The van der Waals surface area contributed by atoms with Gasteiger partial charge in [-0.2, -0.15) is 0 Å². The number of carbonyl (C=O) groups excluding carboxylic acids is 1. The van der Waals surface area contributed by atoms with Gasteiger partial charge in [0.25, 0.3) is 0 Å². The maximum Gasteiger partial charge on any atom is 0.326 e. The number of hydrogen-bond acceptors (Lipinski definition) is 3. The molecule has 0 aliphatic rings. The van der Waals surface area contributed by atoms with Crippen LogP contribution in [0.2, 0.25) is 0 Å². The minimum atomic E-state index is -1.17. The Morgan fingerprint density at radius 2 is 2.05 bits per heavy atom. The highest BCUT2D eigenvalue weighted by molar-refractivity contribution is 5.84. The molecule has 6 heteroatoms.